The maximum atomic E-state index is 11.9. The van der Waals surface area contributed by atoms with Crippen LogP contribution >= 0.6 is 0 Å². The number of carbonyl (C=O) groups is 1. The first kappa shape index (κ1) is 11.3. The molecule has 1 fully saturated rings. The first-order valence-electron chi connectivity index (χ1n) is 5.93. The minimum absolute atomic E-state index is 0.0566. The topological polar surface area (TPSA) is 26.3 Å². The second kappa shape index (κ2) is 5.26. The Hall–Kier alpha value is -1.15. The zero-order valence-corrected chi connectivity index (χ0v) is 9.69. The predicted molar refractivity (Wildman–Crippen MR) is 63.2 cm³/mol. The van der Waals surface area contributed by atoms with Gasteiger partial charge in [0.1, 0.15) is 5.78 Å². The molecule has 0 saturated heterocycles. The molecule has 2 atom stereocenters. The summed E-state index contributed by atoms with van der Waals surface area (Å²) in [4.78, 5) is 11.9. The van der Waals surface area contributed by atoms with Crippen molar-refractivity contribution < 1.29 is 9.53 Å². The van der Waals surface area contributed by atoms with Crippen molar-refractivity contribution >= 4 is 5.78 Å². The van der Waals surface area contributed by atoms with Crippen LogP contribution in [0.25, 0.3) is 0 Å². The van der Waals surface area contributed by atoms with Crippen molar-refractivity contribution in [1.82, 2.24) is 0 Å². The van der Waals surface area contributed by atoms with Gasteiger partial charge in [-0.25, -0.2) is 0 Å². The van der Waals surface area contributed by atoms with Gasteiger partial charge >= 0.3 is 0 Å². The third-order valence-electron chi connectivity index (χ3n) is 3.35. The Morgan fingerprint density at radius 3 is 2.62 bits per heavy atom. The molecule has 86 valence electrons. The van der Waals surface area contributed by atoms with Gasteiger partial charge in [0.25, 0.3) is 0 Å². The Balaban J connectivity index is 2.18. The van der Waals surface area contributed by atoms with Crippen molar-refractivity contribution in [1.29, 1.82) is 0 Å². The van der Waals surface area contributed by atoms with Gasteiger partial charge in [0.2, 0.25) is 0 Å². The van der Waals surface area contributed by atoms with Crippen LogP contribution in [0, 0.1) is 5.92 Å². The molecular formula is C14H18O2. The van der Waals surface area contributed by atoms with Crippen LogP contribution in [0.5, 0.6) is 0 Å². The summed E-state index contributed by atoms with van der Waals surface area (Å²) in [5.74, 6) is 0.420. The van der Waals surface area contributed by atoms with Gasteiger partial charge in [0, 0.05) is 19.4 Å². The number of methoxy groups -OCH3 is 1. The molecule has 1 aromatic rings. The van der Waals surface area contributed by atoms with E-state index < -0.39 is 0 Å². The largest absolute Gasteiger partial charge is 0.376 e. The summed E-state index contributed by atoms with van der Waals surface area (Å²) in [5.41, 5.74) is 1.12. The second-order valence-corrected chi connectivity index (χ2v) is 4.39. The molecular weight excluding hydrogens is 200 g/mol. The number of ketones is 1. The van der Waals surface area contributed by atoms with Gasteiger partial charge in [-0.1, -0.05) is 36.8 Å². The third kappa shape index (κ3) is 2.33. The summed E-state index contributed by atoms with van der Waals surface area (Å²) >= 11 is 0. The van der Waals surface area contributed by atoms with Crippen molar-refractivity contribution in [2.24, 2.45) is 5.92 Å². The molecule has 1 aromatic carbocycles. The van der Waals surface area contributed by atoms with Crippen LogP contribution in [0.15, 0.2) is 30.3 Å². The van der Waals surface area contributed by atoms with E-state index in [0.717, 1.165) is 31.2 Å². The fourth-order valence-electron chi connectivity index (χ4n) is 2.51. The second-order valence-electron chi connectivity index (χ2n) is 4.39. The fourth-order valence-corrected chi connectivity index (χ4v) is 2.51. The summed E-state index contributed by atoms with van der Waals surface area (Å²) in [7, 11) is 1.69. The van der Waals surface area contributed by atoms with E-state index >= 15 is 0 Å². The van der Waals surface area contributed by atoms with E-state index in [-0.39, 0.29) is 12.0 Å². The molecule has 0 spiro atoms. The standard InChI is InChI=1S/C14H18O2/c1-16-14(11-7-3-2-4-8-11)12-9-5-6-10-13(12)15/h2-4,7-8,12,14H,5-6,9-10H2,1H3. The minimum Gasteiger partial charge on any atom is -0.376 e. The lowest BCUT2D eigenvalue weighted by Crippen LogP contribution is -2.26. The number of carbonyl (C=O) groups excluding carboxylic acids is 1. The number of ether oxygens (including phenoxy) is 1. The zero-order valence-electron chi connectivity index (χ0n) is 9.69. The maximum absolute atomic E-state index is 11.9. The SMILES string of the molecule is COC(c1ccccc1)C1CCCCC1=O. The van der Waals surface area contributed by atoms with Crippen LogP contribution in [-0.4, -0.2) is 12.9 Å². The highest BCUT2D eigenvalue weighted by Crippen LogP contribution is 2.34. The summed E-state index contributed by atoms with van der Waals surface area (Å²) in [6.45, 7) is 0. The summed E-state index contributed by atoms with van der Waals surface area (Å²) < 4.78 is 5.53. The van der Waals surface area contributed by atoms with E-state index in [2.05, 4.69) is 0 Å². The van der Waals surface area contributed by atoms with Crippen LogP contribution in [0.2, 0.25) is 0 Å². The molecule has 0 aromatic heterocycles. The Morgan fingerprint density at radius 1 is 1.25 bits per heavy atom. The Labute approximate surface area is 96.6 Å². The number of Topliss-reactive ketones (excluding diaryl/α,β-unsaturated/α-hetero) is 1. The Kier molecular flexibility index (Phi) is 3.73. The highest BCUT2D eigenvalue weighted by atomic mass is 16.5. The number of benzene rings is 1. The van der Waals surface area contributed by atoms with Gasteiger partial charge in [0.05, 0.1) is 6.10 Å². The molecule has 0 radical (unpaired) electrons. The third-order valence-corrected chi connectivity index (χ3v) is 3.35. The summed E-state index contributed by atoms with van der Waals surface area (Å²) in [6.07, 6.45) is 3.81. The molecule has 2 rings (SSSR count). The van der Waals surface area contributed by atoms with Crippen molar-refractivity contribution in [2.75, 3.05) is 7.11 Å². The highest BCUT2D eigenvalue weighted by Gasteiger charge is 2.31. The average molecular weight is 218 g/mol. The van der Waals surface area contributed by atoms with Gasteiger partial charge in [-0.15, -0.1) is 0 Å². The quantitative estimate of drug-likeness (QED) is 0.779. The molecule has 0 bridgehead atoms. The van der Waals surface area contributed by atoms with E-state index in [1.807, 2.05) is 30.3 Å². The van der Waals surface area contributed by atoms with Crippen molar-refractivity contribution in [2.45, 2.75) is 31.8 Å². The molecule has 2 heteroatoms. The van der Waals surface area contributed by atoms with Crippen LogP contribution in [0.4, 0.5) is 0 Å². The number of hydrogen-bond donors (Lipinski definition) is 0. The minimum atomic E-state index is -0.0611. The predicted octanol–water partition coefficient (Wildman–Crippen LogP) is 3.13. The van der Waals surface area contributed by atoms with Gasteiger partial charge in [0.15, 0.2) is 0 Å². The van der Waals surface area contributed by atoms with E-state index in [1.165, 1.54) is 0 Å². The lowest BCUT2D eigenvalue weighted by atomic mass is 9.81. The van der Waals surface area contributed by atoms with Crippen molar-refractivity contribution in [3.8, 4) is 0 Å². The first-order valence-corrected chi connectivity index (χ1v) is 5.93. The number of rotatable bonds is 3. The van der Waals surface area contributed by atoms with Gasteiger partial charge < -0.3 is 4.74 Å². The van der Waals surface area contributed by atoms with Crippen LogP contribution in [0.1, 0.15) is 37.4 Å². The maximum Gasteiger partial charge on any atom is 0.138 e. The monoisotopic (exact) mass is 218 g/mol. The smallest absolute Gasteiger partial charge is 0.138 e. The summed E-state index contributed by atoms with van der Waals surface area (Å²) in [6, 6.07) is 10.0. The molecule has 0 aliphatic heterocycles. The van der Waals surface area contributed by atoms with E-state index in [1.54, 1.807) is 7.11 Å². The number of hydrogen-bond acceptors (Lipinski definition) is 2. The molecule has 0 amide bonds. The fraction of sp³-hybridized carbons (Fsp3) is 0.500. The molecule has 2 unspecified atom stereocenters. The van der Waals surface area contributed by atoms with Crippen molar-refractivity contribution in [3.05, 3.63) is 35.9 Å². The van der Waals surface area contributed by atoms with E-state index in [4.69, 9.17) is 4.74 Å². The lowest BCUT2D eigenvalue weighted by molar-refractivity contribution is -0.129. The normalized spacial score (nSPS) is 23.1. The lowest BCUT2D eigenvalue weighted by Gasteiger charge is -2.28. The van der Waals surface area contributed by atoms with Crippen molar-refractivity contribution in [3.63, 3.8) is 0 Å². The van der Waals surface area contributed by atoms with E-state index in [9.17, 15) is 4.79 Å². The molecule has 0 N–H and O–H groups in total. The molecule has 2 nitrogen and oxygen atoms in total. The Bertz CT molecular complexity index is 345. The molecule has 0 heterocycles. The van der Waals surface area contributed by atoms with E-state index in [0.29, 0.717) is 5.78 Å². The first-order chi connectivity index (χ1) is 7.83. The molecule has 16 heavy (non-hydrogen) atoms. The molecule has 1 aliphatic carbocycles. The highest BCUT2D eigenvalue weighted by molar-refractivity contribution is 5.82. The Morgan fingerprint density at radius 2 is 2.00 bits per heavy atom. The molecule has 1 aliphatic rings. The van der Waals surface area contributed by atoms with Gasteiger partial charge in [-0.2, -0.15) is 0 Å². The van der Waals surface area contributed by atoms with Crippen LogP contribution in [-0.2, 0) is 9.53 Å². The zero-order chi connectivity index (χ0) is 11.4. The van der Waals surface area contributed by atoms with Gasteiger partial charge in [-0.3, -0.25) is 4.79 Å². The van der Waals surface area contributed by atoms with Crippen LogP contribution < -0.4 is 0 Å². The van der Waals surface area contributed by atoms with Crippen LogP contribution in [0.3, 0.4) is 0 Å². The molecule has 1 saturated carbocycles. The summed E-state index contributed by atoms with van der Waals surface area (Å²) in [5, 5.41) is 0. The average Bonchev–Trinajstić information content (AvgIpc) is 2.34. The van der Waals surface area contributed by atoms with Gasteiger partial charge in [-0.05, 0) is 18.4 Å².